The van der Waals surface area contributed by atoms with Gasteiger partial charge in [-0.2, -0.15) is 12.6 Å². The number of aromatic nitrogens is 1. The van der Waals surface area contributed by atoms with Crippen molar-refractivity contribution in [2.45, 2.75) is 57.3 Å². The Hall–Kier alpha value is -3.58. The van der Waals surface area contributed by atoms with Crippen molar-refractivity contribution in [1.29, 1.82) is 0 Å². The molecule has 13 heteroatoms. The van der Waals surface area contributed by atoms with Crippen LogP contribution in [-0.4, -0.2) is 74.8 Å². The zero-order valence-corrected chi connectivity index (χ0v) is 21.5. The largest absolute Gasteiger partial charge is 0.481 e. The summed E-state index contributed by atoms with van der Waals surface area (Å²) in [7, 11) is 0. The van der Waals surface area contributed by atoms with E-state index in [1.54, 1.807) is 20.0 Å². The highest BCUT2D eigenvalue weighted by Gasteiger charge is 2.31. The Morgan fingerprint density at radius 3 is 2.22 bits per heavy atom. The van der Waals surface area contributed by atoms with Crippen molar-refractivity contribution in [2.75, 3.05) is 5.75 Å². The number of hydrogen-bond acceptors (Lipinski definition) is 7. The summed E-state index contributed by atoms with van der Waals surface area (Å²) in [5.41, 5.74) is 7.89. The SMILES string of the molecule is CC(C)C(NC(=O)C(N)Cc1c[nH]c2ccccc12)C(=O)NC(CS)C(=O)NC(CCC(=O)O)C(=O)O. The number of carboxylic acids is 2. The first kappa shape index (κ1) is 29.6. The van der Waals surface area contributed by atoms with Gasteiger partial charge in [0.15, 0.2) is 0 Å². The van der Waals surface area contributed by atoms with Gasteiger partial charge in [0.2, 0.25) is 17.7 Å². The van der Waals surface area contributed by atoms with Crippen LogP contribution in [0.4, 0.5) is 0 Å². The number of nitrogens with two attached hydrogens (primary N) is 1. The smallest absolute Gasteiger partial charge is 0.326 e. The third kappa shape index (κ3) is 8.50. The predicted octanol–water partition coefficient (Wildman–Crippen LogP) is 0.0273. The molecule has 0 saturated heterocycles. The highest BCUT2D eigenvalue weighted by Crippen LogP contribution is 2.19. The first-order valence-electron chi connectivity index (χ1n) is 11.7. The van der Waals surface area contributed by atoms with Crippen LogP contribution in [0.25, 0.3) is 10.9 Å². The van der Waals surface area contributed by atoms with Gasteiger partial charge in [0.1, 0.15) is 18.1 Å². The Morgan fingerprint density at radius 2 is 1.62 bits per heavy atom. The van der Waals surface area contributed by atoms with E-state index in [4.69, 9.17) is 10.8 Å². The van der Waals surface area contributed by atoms with E-state index in [-0.39, 0.29) is 24.5 Å². The summed E-state index contributed by atoms with van der Waals surface area (Å²) in [5.74, 6) is -5.21. The van der Waals surface area contributed by atoms with Gasteiger partial charge in [-0.25, -0.2) is 4.79 Å². The Kier molecular flexibility index (Phi) is 10.9. The van der Waals surface area contributed by atoms with Crippen LogP contribution in [0.3, 0.4) is 0 Å². The molecule has 0 spiro atoms. The average Bonchev–Trinajstić information content (AvgIpc) is 3.25. The minimum absolute atomic E-state index is 0.165. The van der Waals surface area contributed by atoms with Crippen LogP contribution in [0.1, 0.15) is 32.3 Å². The molecule has 202 valence electrons. The molecule has 4 unspecified atom stereocenters. The zero-order valence-electron chi connectivity index (χ0n) is 20.6. The Labute approximate surface area is 219 Å². The van der Waals surface area contributed by atoms with Gasteiger partial charge in [0.05, 0.1) is 6.04 Å². The molecular formula is C24H33N5O7S. The van der Waals surface area contributed by atoms with Crippen LogP contribution in [0.15, 0.2) is 30.5 Å². The molecule has 12 nitrogen and oxygen atoms in total. The number of carbonyl (C=O) groups is 5. The summed E-state index contributed by atoms with van der Waals surface area (Å²) in [6, 6.07) is 2.94. The Bertz CT molecular complexity index is 1140. The second kappa shape index (κ2) is 13.7. The number of aliphatic carboxylic acids is 2. The third-order valence-corrected chi connectivity index (χ3v) is 6.14. The number of benzene rings is 1. The van der Waals surface area contributed by atoms with E-state index in [0.29, 0.717) is 0 Å². The lowest BCUT2D eigenvalue weighted by molar-refractivity contribution is -0.143. The molecule has 1 aromatic carbocycles. The van der Waals surface area contributed by atoms with Gasteiger partial charge in [-0.05, 0) is 30.4 Å². The fourth-order valence-corrected chi connectivity index (χ4v) is 3.94. The van der Waals surface area contributed by atoms with Crippen molar-refractivity contribution in [3.8, 4) is 0 Å². The minimum atomic E-state index is -1.45. The van der Waals surface area contributed by atoms with E-state index in [1.165, 1.54) is 0 Å². The summed E-state index contributed by atoms with van der Waals surface area (Å²) in [4.78, 5) is 63.6. The number of aromatic amines is 1. The van der Waals surface area contributed by atoms with Crippen molar-refractivity contribution in [2.24, 2.45) is 11.7 Å². The van der Waals surface area contributed by atoms with E-state index < -0.39 is 60.2 Å². The quantitative estimate of drug-likeness (QED) is 0.155. The molecule has 0 aliphatic heterocycles. The molecule has 0 fully saturated rings. The summed E-state index contributed by atoms with van der Waals surface area (Å²) >= 11 is 4.06. The molecule has 2 rings (SSSR count). The average molecular weight is 536 g/mol. The topological polar surface area (TPSA) is 204 Å². The van der Waals surface area contributed by atoms with Gasteiger partial charge >= 0.3 is 11.9 Å². The maximum absolute atomic E-state index is 13.0. The summed E-state index contributed by atoms with van der Waals surface area (Å²) < 4.78 is 0. The van der Waals surface area contributed by atoms with Gasteiger partial charge in [-0.3, -0.25) is 19.2 Å². The van der Waals surface area contributed by atoms with Crippen molar-refractivity contribution in [3.05, 3.63) is 36.0 Å². The number of rotatable bonds is 14. The second-order valence-electron chi connectivity index (χ2n) is 8.98. The van der Waals surface area contributed by atoms with Crippen molar-refractivity contribution < 1.29 is 34.2 Å². The number of para-hydroxylation sites is 1. The van der Waals surface area contributed by atoms with Gasteiger partial charge in [-0.1, -0.05) is 32.0 Å². The first-order chi connectivity index (χ1) is 17.4. The molecular weight excluding hydrogens is 502 g/mol. The Balaban J connectivity index is 2.02. The van der Waals surface area contributed by atoms with Gasteiger partial charge in [0.25, 0.3) is 0 Å². The molecule has 0 radical (unpaired) electrons. The van der Waals surface area contributed by atoms with Crippen LogP contribution in [-0.2, 0) is 30.4 Å². The standard InChI is InChI=1S/C24H33N5O7S/c1-12(2)20(29-21(32)15(25)9-13-10-26-16-6-4-3-5-14(13)16)23(34)28-18(11-37)22(33)27-17(24(35)36)7-8-19(30)31/h3-6,10,12,15,17-18,20,26,37H,7-9,11,25H2,1-2H3,(H,27,33)(H,28,34)(H,29,32)(H,30,31)(H,35,36). The number of amides is 3. The zero-order chi connectivity index (χ0) is 27.7. The number of carboxylic acid groups (broad SMARTS) is 2. The molecule has 1 aromatic heterocycles. The lowest BCUT2D eigenvalue weighted by Gasteiger charge is -2.26. The predicted molar refractivity (Wildman–Crippen MR) is 139 cm³/mol. The molecule has 2 aromatic rings. The fourth-order valence-electron chi connectivity index (χ4n) is 3.68. The van der Waals surface area contributed by atoms with E-state index in [2.05, 4.69) is 33.6 Å². The Morgan fingerprint density at radius 1 is 0.973 bits per heavy atom. The summed E-state index contributed by atoms with van der Waals surface area (Å²) in [6.45, 7) is 3.41. The number of hydrogen-bond donors (Lipinski definition) is 8. The van der Waals surface area contributed by atoms with E-state index in [1.807, 2.05) is 24.3 Å². The van der Waals surface area contributed by atoms with Gasteiger partial charge in [0, 0.05) is 29.3 Å². The number of nitrogens with one attached hydrogen (secondary N) is 4. The minimum Gasteiger partial charge on any atom is -0.481 e. The molecule has 0 saturated carbocycles. The van der Waals surface area contributed by atoms with E-state index in [0.717, 1.165) is 16.5 Å². The molecule has 8 N–H and O–H groups in total. The molecule has 0 bridgehead atoms. The lowest BCUT2D eigenvalue weighted by atomic mass is 10.0. The maximum atomic E-state index is 13.0. The molecule has 37 heavy (non-hydrogen) atoms. The molecule has 0 aliphatic carbocycles. The molecule has 0 aliphatic rings. The fraction of sp³-hybridized carbons (Fsp3) is 0.458. The van der Waals surface area contributed by atoms with Gasteiger partial charge in [-0.15, -0.1) is 0 Å². The molecule has 3 amide bonds. The van der Waals surface area contributed by atoms with E-state index in [9.17, 15) is 29.1 Å². The van der Waals surface area contributed by atoms with Crippen molar-refractivity contribution in [1.82, 2.24) is 20.9 Å². The monoisotopic (exact) mass is 535 g/mol. The third-order valence-electron chi connectivity index (χ3n) is 5.78. The van der Waals surface area contributed by atoms with Crippen LogP contribution in [0.5, 0.6) is 0 Å². The molecule has 4 atom stereocenters. The number of carbonyl (C=O) groups excluding carboxylic acids is 3. The highest BCUT2D eigenvalue weighted by atomic mass is 32.1. The molecule has 1 heterocycles. The van der Waals surface area contributed by atoms with Gasteiger partial charge < -0.3 is 36.9 Å². The highest BCUT2D eigenvalue weighted by molar-refractivity contribution is 7.80. The summed E-state index contributed by atoms with van der Waals surface area (Å²) in [5, 5.41) is 26.3. The number of H-pyrrole nitrogens is 1. The lowest BCUT2D eigenvalue weighted by Crippen LogP contribution is -2.59. The number of thiol groups is 1. The van der Waals surface area contributed by atoms with Crippen LogP contribution < -0.4 is 21.7 Å². The summed E-state index contributed by atoms with van der Waals surface area (Å²) in [6.07, 6.45) is 1.22. The normalized spacial score (nSPS) is 14.4. The maximum Gasteiger partial charge on any atom is 0.326 e. The van der Waals surface area contributed by atoms with Crippen molar-refractivity contribution >= 4 is 53.2 Å². The second-order valence-corrected chi connectivity index (χ2v) is 9.34. The van der Waals surface area contributed by atoms with E-state index >= 15 is 0 Å². The van der Waals surface area contributed by atoms with Crippen molar-refractivity contribution in [3.63, 3.8) is 0 Å². The van der Waals surface area contributed by atoms with Crippen LogP contribution in [0.2, 0.25) is 0 Å². The van der Waals surface area contributed by atoms with Crippen LogP contribution in [0, 0.1) is 5.92 Å². The first-order valence-corrected chi connectivity index (χ1v) is 12.3. The van der Waals surface area contributed by atoms with Crippen LogP contribution >= 0.6 is 12.6 Å². The number of fused-ring (bicyclic) bond motifs is 1.